The molecule has 0 fully saturated rings. The SMILES string of the molecule is Cc1cc2c(=O)[nH]c(=S)[nH]c2cc1F. The number of halogens is 1. The third-order valence-electron chi connectivity index (χ3n) is 2.02. The number of hydrogen-bond acceptors (Lipinski definition) is 2. The summed E-state index contributed by atoms with van der Waals surface area (Å²) in [6.07, 6.45) is 0. The molecule has 0 aliphatic carbocycles. The van der Waals surface area contributed by atoms with Gasteiger partial charge in [0.25, 0.3) is 5.56 Å². The number of rotatable bonds is 0. The number of nitrogens with one attached hydrogen (secondary N) is 2. The van der Waals surface area contributed by atoms with E-state index in [4.69, 9.17) is 12.2 Å². The number of fused-ring (bicyclic) bond motifs is 1. The van der Waals surface area contributed by atoms with Gasteiger partial charge in [-0.3, -0.25) is 9.78 Å². The molecule has 0 radical (unpaired) electrons. The first-order valence-corrected chi connectivity index (χ1v) is 4.41. The van der Waals surface area contributed by atoms with Crippen LogP contribution in [0.3, 0.4) is 0 Å². The van der Waals surface area contributed by atoms with Gasteiger partial charge in [-0.25, -0.2) is 4.39 Å². The van der Waals surface area contributed by atoms with Crippen LogP contribution in [0.2, 0.25) is 0 Å². The van der Waals surface area contributed by atoms with Crippen molar-refractivity contribution in [2.75, 3.05) is 0 Å². The summed E-state index contributed by atoms with van der Waals surface area (Å²) in [6.45, 7) is 1.61. The van der Waals surface area contributed by atoms with E-state index in [9.17, 15) is 9.18 Å². The van der Waals surface area contributed by atoms with Crippen LogP contribution in [0.25, 0.3) is 10.9 Å². The van der Waals surface area contributed by atoms with E-state index in [1.807, 2.05) is 0 Å². The fourth-order valence-electron chi connectivity index (χ4n) is 1.30. The maximum atomic E-state index is 13.1. The Balaban J connectivity index is 3.03. The van der Waals surface area contributed by atoms with Gasteiger partial charge < -0.3 is 4.98 Å². The molecule has 0 aliphatic heterocycles. The predicted octanol–water partition coefficient (Wildman–Crippen LogP) is 2.03. The van der Waals surface area contributed by atoms with Gasteiger partial charge in [-0.15, -0.1) is 0 Å². The summed E-state index contributed by atoms with van der Waals surface area (Å²) >= 11 is 4.77. The molecule has 0 saturated heterocycles. The van der Waals surface area contributed by atoms with E-state index in [-0.39, 0.29) is 16.1 Å². The van der Waals surface area contributed by atoms with E-state index in [1.165, 1.54) is 12.1 Å². The quantitative estimate of drug-likeness (QED) is 0.654. The Morgan fingerprint density at radius 2 is 2.07 bits per heavy atom. The van der Waals surface area contributed by atoms with Crippen LogP contribution >= 0.6 is 12.2 Å². The second-order valence-corrected chi connectivity index (χ2v) is 3.46. The molecule has 5 heteroatoms. The fraction of sp³-hybridized carbons (Fsp3) is 0.111. The van der Waals surface area contributed by atoms with Gasteiger partial charge in [-0.2, -0.15) is 0 Å². The summed E-state index contributed by atoms with van der Waals surface area (Å²) in [5, 5.41) is 0.414. The minimum absolute atomic E-state index is 0.200. The minimum Gasteiger partial charge on any atom is -0.332 e. The van der Waals surface area contributed by atoms with Crippen molar-refractivity contribution in [3.63, 3.8) is 0 Å². The zero-order valence-corrected chi connectivity index (χ0v) is 8.17. The highest BCUT2D eigenvalue weighted by molar-refractivity contribution is 7.71. The van der Waals surface area contributed by atoms with E-state index < -0.39 is 0 Å². The van der Waals surface area contributed by atoms with Gasteiger partial charge in [0.15, 0.2) is 4.77 Å². The number of hydrogen-bond donors (Lipinski definition) is 2. The number of aromatic nitrogens is 2. The van der Waals surface area contributed by atoms with Crippen molar-refractivity contribution in [2.45, 2.75) is 6.92 Å². The Bertz CT molecular complexity index is 614. The maximum Gasteiger partial charge on any atom is 0.259 e. The van der Waals surface area contributed by atoms with E-state index in [0.29, 0.717) is 16.5 Å². The molecular weight excluding hydrogens is 203 g/mol. The van der Waals surface area contributed by atoms with Crippen molar-refractivity contribution in [1.82, 2.24) is 9.97 Å². The molecule has 72 valence electrons. The summed E-state index contributed by atoms with van der Waals surface area (Å²) in [5.41, 5.74) is 0.558. The van der Waals surface area contributed by atoms with Gasteiger partial charge in [-0.05, 0) is 36.8 Å². The van der Waals surface area contributed by atoms with Gasteiger partial charge in [0, 0.05) is 0 Å². The van der Waals surface area contributed by atoms with E-state index in [1.54, 1.807) is 6.92 Å². The zero-order valence-electron chi connectivity index (χ0n) is 7.35. The highest BCUT2D eigenvalue weighted by atomic mass is 32.1. The Labute approximate surface area is 83.6 Å². The lowest BCUT2D eigenvalue weighted by atomic mass is 10.1. The minimum atomic E-state index is -0.353. The smallest absolute Gasteiger partial charge is 0.259 e. The van der Waals surface area contributed by atoms with Gasteiger partial charge >= 0.3 is 0 Å². The molecule has 14 heavy (non-hydrogen) atoms. The monoisotopic (exact) mass is 210 g/mol. The van der Waals surface area contributed by atoms with Crippen LogP contribution in [0.1, 0.15) is 5.56 Å². The average Bonchev–Trinajstić information content (AvgIpc) is 2.08. The maximum absolute atomic E-state index is 13.1. The van der Waals surface area contributed by atoms with E-state index in [2.05, 4.69) is 9.97 Å². The summed E-state index contributed by atoms with van der Waals surface area (Å²) < 4.78 is 13.3. The van der Waals surface area contributed by atoms with Crippen molar-refractivity contribution in [3.05, 3.63) is 38.6 Å². The van der Waals surface area contributed by atoms with E-state index >= 15 is 0 Å². The summed E-state index contributed by atoms with van der Waals surface area (Å²) in [5.74, 6) is -0.353. The Morgan fingerprint density at radius 1 is 1.36 bits per heavy atom. The fourth-order valence-corrected chi connectivity index (χ4v) is 1.50. The molecule has 0 bridgehead atoms. The number of aromatic amines is 2. The Kier molecular flexibility index (Phi) is 1.96. The molecule has 2 aromatic rings. The molecule has 0 saturated carbocycles. The molecule has 0 amide bonds. The van der Waals surface area contributed by atoms with Crippen molar-refractivity contribution >= 4 is 23.1 Å². The standard InChI is InChI=1S/C9H7FN2OS/c1-4-2-5-7(3-6(4)10)11-9(14)12-8(5)13/h2-3H,1H3,(H2,11,12,13,14). The molecule has 1 aromatic carbocycles. The van der Waals surface area contributed by atoms with Crippen LogP contribution < -0.4 is 5.56 Å². The summed E-state index contributed by atoms with van der Waals surface area (Å²) in [7, 11) is 0. The normalized spacial score (nSPS) is 10.7. The van der Waals surface area contributed by atoms with Crippen LogP contribution in [0.15, 0.2) is 16.9 Å². The highest BCUT2D eigenvalue weighted by Gasteiger charge is 2.03. The van der Waals surface area contributed by atoms with Crippen LogP contribution in [0, 0.1) is 17.5 Å². The molecule has 0 unspecified atom stereocenters. The molecule has 2 rings (SSSR count). The number of benzene rings is 1. The molecule has 1 heterocycles. The van der Waals surface area contributed by atoms with Crippen LogP contribution in [-0.2, 0) is 0 Å². The second kappa shape index (κ2) is 3.02. The van der Waals surface area contributed by atoms with Gasteiger partial charge in [0.1, 0.15) is 5.82 Å². The molecule has 1 aromatic heterocycles. The van der Waals surface area contributed by atoms with Gasteiger partial charge in [-0.1, -0.05) is 0 Å². The second-order valence-electron chi connectivity index (χ2n) is 3.06. The summed E-state index contributed by atoms with van der Waals surface area (Å²) in [6, 6.07) is 2.77. The van der Waals surface area contributed by atoms with E-state index in [0.717, 1.165) is 0 Å². The van der Waals surface area contributed by atoms with Crippen molar-refractivity contribution < 1.29 is 4.39 Å². The first-order chi connectivity index (χ1) is 6.58. The summed E-state index contributed by atoms with van der Waals surface area (Å²) in [4.78, 5) is 16.6. The number of H-pyrrole nitrogens is 2. The third-order valence-corrected chi connectivity index (χ3v) is 2.22. The lowest BCUT2D eigenvalue weighted by Gasteiger charge is -2.00. The van der Waals surface area contributed by atoms with Crippen LogP contribution in [0.4, 0.5) is 4.39 Å². The van der Waals surface area contributed by atoms with Gasteiger partial charge in [0.05, 0.1) is 10.9 Å². The first-order valence-electron chi connectivity index (χ1n) is 4.00. The molecule has 0 aliphatic rings. The molecule has 3 nitrogen and oxygen atoms in total. The average molecular weight is 210 g/mol. The largest absolute Gasteiger partial charge is 0.332 e. The topological polar surface area (TPSA) is 48.6 Å². The van der Waals surface area contributed by atoms with Crippen molar-refractivity contribution in [2.24, 2.45) is 0 Å². The number of aryl methyl sites for hydroxylation is 1. The molecule has 0 spiro atoms. The molecule has 2 N–H and O–H groups in total. The predicted molar refractivity (Wildman–Crippen MR) is 54.4 cm³/mol. The van der Waals surface area contributed by atoms with Crippen LogP contribution in [0.5, 0.6) is 0 Å². The highest BCUT2D eigenvalue weighted by Crippen LogP contribution is 2.12. The molecule has 0 atom stereocenters. The lowest BCUT2D eigenvalue weighted by Crippen LogP contribution is -2.08. The Morgan fingerprint density at radius 3 is 2.79 bits per heavy atom. The van der Waals surface area contributed by atoms with Crippen molar-refractivity contribution in [1.29, 1.82) is 0 Å². The first kappa shape index (κ1) is 9.08. The third kappa shape index (κ3) is 1.35. The van der Waals surface area contributed by atoms with Crippen molar-refractivity contribution in [3.8, 4) is 0 Å². The van der Waals surface area contributed by atoms with Gasteiger partial charge in [0.2, 0.25) is 0 Å². The lowest BCUT2D eigenvalue weighted by molar-refractivity contribution is 0.620. The zero-order chi connectivity index (χ0) is 10.3. The van der Waals surface area contributed by atoms with Crippen LogP contribution in [-0.4, -0.2) is 9.97 Å². The Hall–Kier alpha value is -1.49. The molecular formula is C9H7FN2OS.